The highest BCUT2D eigenvalue weighted by molar-refractivity contribution is 5.54. The van der Waals surface area contributed by atoms with Crippen molar-refractivity contribution in [2.75, 3.05) is 7.11 Å². The summed E-state index contributed by atoms with van der Waals surface area (Å²) in [4.78, 5) is 10.6. The second-order valence-electron chi connectivity index (χ2n) is 4.31. The molecule has 2 fully saturated rings. The molecule has 1 saturated heterocycles. The van der Waals surface area contributed by atoms with E-state index < -0.39 is 0 Å². The smallest absolute Gasteiger partial charge is 0.125 e. The van der Waals surface area contributed by atoms with Crippen molar-refractivity contribution in [2.24, 2.45) is 11.8 Å². The van der Waals surface area contributed by atoms with Gasteiger partial charge in [0.05, 0.1) is 6.10 Å². The SMILES string of the molecule is COC(C(C)C=O)C1CC2CC2N1. The second kappa shape index (κ2) is 3.39. The third kappa shape index (κ3) is 1.63. The van der Waals surface area contributed by atoms with E-state index in [0.717, 1.165) is 18.2 Å². The number of rotatable bonds is 4. The molecular formula is C10H17NO2. The number of hydrogen-bond acceptors (Lipinski definition) is 3. The maximum Gasteiger partial charge on any atom is 0.125 e. The maximum atomic E-state index is 10.6. The normalized spacial score (nSPS) is 40.9. The minimum atomic E-state index is -0.000000000000000222. The van der Waals surface area contributed by atoms with Crippen molar-refractivity contribution >= 4 is 6.29 Å². The van der Waals surface area contributed by atoms with Crippen LogP contribution in [0.4, 0.5) is 0 Å². The number of carbonyl (C=O) groups excluding carboxylic acids is 1. The fourth-order valence-electron chi connectivity index (χ4n) is 2.43. The van der Waals surface area contributed by atoms with Crippen LogP contribution in [0.1, 0.15) is 19.8 Å². The molecule has 0 bridgehead atoms. The van der Waals surface area contributed by atoms with Crippen molar-refractivity contribution < 1.29 is 9.53 Å². The molecule has 0 radical (unpaired) electrons. The number of hydrogen-bond donors (Lipinski definition) is 1. The van der Waals surface area contributed by atoms with Crippen LogP contribution in [-0.4, -0.2) is 31.6 Å². The predicted molar refractivity (Wildman–Crippen MR) is 49.5 cm³/mol. The zero-order chi connectivity index (χ0) is 9.42. The van der Waals surface area contributed by atoms with E-state index in [-0.39, 0.29) is 12.0 Å². The number of nitrogens with one attached hydrogen (secondary N) is 1. The Hall–Kier alpha value is -0.410. The molecule has 74 valence electrons. The topological polar surface area (TPSA) is 38.3 Å². The zero-order valence-corrected chi connectivity index (χ0v) is 8.19. The van der Waals surface area contributed by atoms with E-state index in [1.165, 1.54) is 12.8 Å². The summed E-state index contributed by atoms with van der Waals surface area (Å²) in [6, 6.07) is 1.12. The number of ether oxygens (including phenoxy) is 1. The molecule has 5 unspecified atom stereocenters. The Bertz CT molecular complexity index is 197. The Morgan fingerprint density at radius 2 is 2.31 bits per heavy atom. The monoisotopic (exact) mass is 183 g/mol. The van der Waals surface area contributed by atoms with Crippen LogP contribution in [0.3, 0.4) is 0 Å². The summed E-state index contributed by atoms with van der Waals surface area (Å²) in [6.07, 6.45) is 3.55. The van der Waals surface area contributed by atoms with Crippen LogP contribution in [0, 0.1) is 11.8 Å². The maximum absolute atomic E-state index is 10.6. The first-order valence-electron chi connectivity index (χ1n) is 5.00. The highest BCUT2D eigenvalue weighted by Gasteiger charge is 2.48. The summed E-state index contributed by atoms with van der Waals surface area (Å²) in [5.41, 5.74) is 0. The first-order valence-corrected chi connectivity index (χ1v) is 5.00. The van der Waals surface area contributed by atoms with Crippen LogP contribution < -0.4 is 5.32 Å². The molecule has 3 heteroatoms. The lowest BCUT2D eigenvalue weighted by Crippen LogP contribution is -2.42. The molecule has 0 amide bonds. The van der Waals surface area contributed by atoms with Crippen LogP contribution in [0.2, 0.25) is 0 Å². The van der Waals surface area contributed by atoms with Gasteiger partial charge in [-0.3, -0.25) is 0 Å². The third-order valence-corrected chi connectivity index (χ3v) is 3.31. The molecule has 2 rings (SSSR count). The van der Waals surface area contributed by atoms with Gasteiger partial charge in [0, 0.05) is 25.1 Å². The fourth-order valence-corrected chi connectivity index (χ4v) is 2.43. The van der Waals surface area contributed by atoms with Crippen LogP contribution in [0.15, 0.2) is 0 Å². The van der Waals surface area contributed by atoms with E-state index in [4.69, 9.17) is 4.74 Å². The Morgan fingerprint density at radius 1 is 1.54 bits per heavy atom. The van der Waals surface area contributed by atoms with Gasteiger partial charge in [0.1, 0.15) is 6.29 Å². The zero-order valence-electron chi connectivity index (χ0n) is 8.19. The molecular weight excluding hydrogens is 166 g/mol. The summed E-state index contributed by atoms with van der Waals surface area (Å²) in [5, 5.41) is 3.51. The Labute approximate surface area is 78.8 Å². The van der Waals surface area contributed by atoms with Crippen molar-refractivity contribution in [3.05, 3.63) is 0 Å². The average Bonchev–Trinajstić information content (AvgIpc) is 2.75. The summed E-state index contributed by atoms with van der Waals surface area (Å²) < 4.78 is 5.36. The second-order valence-corrected chi connectivity index (χ2v) is 4.31. The number of piperidine rings is 1. The molecule has 5 atom stereocenters. The molecule has 0 aromatic rings. The van der Waals surface area contributed by atoms with Gasteiger partial charge in [-0.25, -0.2) is 0 Å². The highest BCUT2D eigenvalue weighted by atomic mass is 16.5. The minimum absolute atomic E-state index is 0.000000000000000222. The standard InChI is InChI=1S/C10H17NO2/c1-6(5-12)10(13-2)9-4-7-3-8(7)11-9/h5-11H,3-4H2,1-2H3. The van der Waals surface area contributed by atoms with Crippen molar-refractivity contribution in [3.8, 4) is 0 Å². The van der Waals surface area contributed by atoms with E-state index in [9.17, 15) is 4.79 Å². The molecule has 1 aliphatic heterocycles. The van der Waals surface area contributed by atoms with E-state index in [0.29, 0.717) is 6.04 Å². The predicted octanol–water partition coefficient (Wildman–Crippen LogP) is 0.587. The third-order valence-electron chi connectivity index (χ3n) is 3.31. The van der Waals surface area contributed by atoms with Crippen molar-refractivity contribution in [2.45, 2.75) is 38.0 Å². The minimum Gasteiger partial charge on any atom is -0.379 e. The van der Waals surface area contributed by atoms with Gasteiger partial charge >= 0.3 is 0 Å². The lowest BCUT2D eigenvalue weighted by Gasteiger charge is -2.26. The fraction of sp³-hybridized carbons (Fsp3) is 0.900. The quantitative estimate of drug-likeness (QED) is 0.648. The van der Waals surface area contributed by atoms with E-state index in [2.05, 4.69) is 5.32 Å². The number of methoxy groups -OCH3 is 1. The first kappa shape index (κ1) is 9.16. The molecule has 1 heterocycles. The summed E-state index contributed by atoms with van der Waals surface area (Å²) >= 11 is 0. The molecule has 1 aliphatic carbocycles. The van der Waals surface area contributed by atoms with Crippen LogP contribution in [-0.2, 0) is 9.53 Å². The van der Waals surface area contributed by atoms with Crippen molar-refractivity contribution in [1.29, 1.82) is 0 Å². The van der Waals surface area contributed by atoms with Gasteiger partial charge in [-0.15, -0.1) is 0 Å². The van der Waals surface area contributed by atoms with Gasteiger partial charge in [0.25, 0.3) is 0 Å². The molecule has 1 saturated carbocycles. The average molecular weight is 183 g/mol. The van der Waals surface area contributed by atoms with Gasteiger partial charge < -0.3 is 14.8 Å². The molecule has 3 nitrogen and oxygen atoms in total. The highest BCUT2D eigenvalue weighted by Crippen LogP contribution is 2.42. The van der Waals surface area contributed by atoms with Gasteiger partial charge in [-0.2, -0.15) is 0 Å². The van der Waals surface area contributed by atoms with Crippen molar-refractivity contribution in [3.63, 3.8) is 0 Å². The van der Waals surface area contributed by atoms with Gasteiger partial charge in [-0.1, -0.05) is 6.92 Å². The molecule has 13 heavy (non-hydrogen) atoms. The van der Waals surface area contributed by atoms with Gasteiger partial charge in [0.2, 0.25) is 0 Å². The number of fused-ring (bicyclic) bond motifs is 1. The Morgan fingerprint density at radius 3 is 2.77 bits per heavy atom. The molecule has 0 aromatic carbocycles. The Balaban J connectivity index is 1.92. The molecule has 1 N–H and O–H groups in total. The molecule has 0 aromatic heterocycles. The van der Waals surface area contributed by atoms with E-state index in [1.807, 2.05) is 6.92 Å². The van der Waals surface area contributed by atoms with Crippen molar-refractivity contribution in [1.82, 2.24) is 5.32 Å². The van der Waals surface area contributed by atoms with Crippen LogP contribution in [0.25, 0.3) is 0 Å². The van der Waals surface area contributed by atoms with Crippen LogP contribution in [0.5, 0.6) is 0 Å². The van der Waals surface area contributed by atoms with E-state index >= 15 is 0 Å². The lowest BCUT2D eigenvalue weighted by molar-refractivity contribution is -0.115. The first-order chi connectivity index (χ1) is 6.26. The largest absolute Gasteiger partial charge is 0.379 e. The summed E-state index contributed by atoms with van der Waals surface area (Å²) in [5.74, 6) is 0.863. The summed E-state index contributed by atoms with van der Waals surface area (Å²) in [6.45, 7) is 1.92. The van der Waals surface area contributed by atoms with Crippen LogP contribution >= 0.6 is 0 Å². The Kier molecular flexibility index (Phi) is 2.39. The van der Waals surface area contributed by atoms with Gasteiger partial charge in [-0.05, 0) is 18.8 Å². The summed E-state index contributed by atoms with van der Waals surface area (Å²) in [7, 11) is 1.69. The number of carbonyl (C=O) groups is 1. The van der Waals surface area contributed by atoms with Gasteiger partial charge in [0.15, 0.2) is 0 Å². The molecule has 0 spiro atoms. The van der Waals surface area contributed by atoms with E-state index in [1.54, 1.807) is 7.11 Å². The number of aldehydes is 1. The molecule has 2 aliphatic rings. The lowest BCUT2D eigenvalue weighted by atomic mass is 9.96.